The molecule has 2 heterocycles. The van der Waals surface area contributed by atoms with Crippen LogP contribution in [0.25, 0.3) is 11.4 Å². The van der Waals surface area contributed by atoms with Crippen LogP contribution in [0.4, 0.5) is 0 Å². The third kappa shape index (κ3) is 6.03. The number of hydrogen-bond acceptors (Lipinski definition) is 4. The molecule has 6 nitrogen and oxygen atoms in total. The van der Waals surface area contributed by atoms with E-state index in [-0.39, 0.29) is 5.69 Å². The monoisotopic (exact) mass is 531 g/mol. The summed E-state index contributed by atoms with van der Waals surface area (Å²) in [7, 11) is 0. The molecule has 0 saturated carbocycles. The third-order valence-corrected chi connectivity index (χ3v) is 7.45. The lowest BCUT2D eigenvalue weighted by Crippen LogP contribution is -2.34. The highest BCUT2D eigenvalue weighted by molar-refractivity contribution is 5.41. The van der Waals surface area contributed by atoms with E-state index in [1.165, 1.54) is 18.4 Å². The molecule has 0 bridgehead atoms. The maximum absolute atomic E-state index is 13.2. The first-order chi connectivity index (χ1) is 19.7. The number of ether oxygens (including phenoxy) is 2. The number of benzene rings is 4. The van der Waals surface area contributed by atoms with Gasteiger partial charge in [-0.25, -0.2) is 4.79 Å². The fourth-order valence-corrected chi connectivity index (χ4v) is 5.36. The maximum atomic E-state index is 13.2. The number of imidazole rings is 1. The molecule has 6 rings (SSSR count). The number of nitrogens with zero attached hydrogens (tertiary/aromatic N) is 3. The summed E-state index contributed by atoms with van der Waals surface area (Å²) in [6, 6.07) is 36.1. The third-order valence-electron chi connectivity index (χ3n) is 7.45. The van der Waals surface area contributed by atoms with Crippen molar-refractivity contribution in [3.63, 3.8) is 0 Å². The number of likely N-dealkylation sites (tertiary alicyclic amines) is 1. The number of para-hydroxylation sites is 1. The van der Waals surface area contributed by atoms with Crippen LogP contribution in [0.5, 0.6) is 17.2 Å². The molecule has 0 N–H and O–H groups in total. The molecule has 1 atom stereocenters. The minimum Gasteiger partial charge on any atom is -0.492 e. The van der Waals surface area contributed by atoms with Crippen LogP contribution in [-0.4, -0.2) is 39.8 Å². The van der Waals surface area contributed by atoms with Crippen LogP contribution in [0.15, 0.2) is 126 Å². The second-order valence-electron chi connectivity index (χ2n) is 10.1. The first-order valence-corrected chi connectivity index (χ1v) is 13.9. The van der Waals surface area contributed by atoms with Crippen molar-refractivity contribution in [1.29, 1.82) is 0 Å². The van der Waals surface area contributed by atoms with E-state index < -0.39 is 0 Å². The Morgan fingerprint density at radius 3 is 1.90 bits per heavy atom. The molecular formula is C34H33N3O3. The topological polar surface area (TPSA) is 48.6 Å². The molecule has 40 heavy (non-hydrogen) atoms. The van der Waals surface area contributed by atoms with Gasteiger partial charge < -0.3 is 9.47 Å². The van der Waals surface area contributed by atoms with E-state index in [2.05, 4.69) is 35.2 Å². The van der Waals surface area contributed by atoms with Gasteiger partial charge in [0.1, 0.15) is 23.9 Å². The molecule has 1 fully saturated rings. The molecular weight excluding hydrogens is 498 g/mol. The summed E-state index contributed by atoms with van der Waals surface area (Å²) < 4.78 is 15.2. The fourth-order valence-electron chi connectivity index (χ4n) is 5.36. The predicted molar refractivity (Wildman–Crippen MR) is 158 cm³/mol. The van der Waals surface area contributed by atoms with Crippen LogP contribution in [0.3, 0.4) is 0 Å². The average Bonchev–Trinajstić information content (AvgIpc) is 3.61. The van der Waals surface area contributed by atoms with Gasteiger partial charge in [0.05, 0.1) is 11.4 Å². The summed E-state index contributed by atoms with van der Waals surface area (Å²) in [5.41, 5.74) is 2.83. The normalized spacial score (nSPS) is 15.2. The second kappa shape index (κ2) is 12.1. The van der Waals surface area contributed by atoms with Gasteiger partial charge in [-0.3, -0.25) is 14.0 Å². The first-order valence-electron chi connectivity index (χ1n) is 13.9. The van der Waals surface area contributed by atoms with Crippen molar-refractivity contribution in [1.82, 2.24) is 14.0 Å². The SMILES string of the molecule is O=c1n(-c2ccc(OCCN3CCCC3Cc3ccccc3)cc2)ccn1-c1ccc(Oc2ccccc2)cc1. The lowest BCUT2D eigenvalue weighted by atomic mass is 10.0. The zero-order valence-electron chi connectivity index (χ0n) is 22.4. The molecule has 0 spiro atoms. The molecule has 1 saturated heterocycles. The molecule has 1 aliphatic heterocycles. The zero-order chi connectivity index (χ0) is 27.1. The summed E-state index contributed by atoms with van der Waals surface area (Å²) in [6.07, 6.45) is 7.14. The molecule has 5 aromatic rings. The Morgan fingerprint density at radius 1 is 0.675 bits per heavy atom. The van der Waals surface area contributed by atoms with Gasteiger partial charge in [-0.15, -0.1) is 0 Å². The Kier molecular flexibility index (Phi) is 7.78. The van der Waals surface area contributed by atoms with Crippen LogP contribution in [-0.2, 0) is 6.42 Å². The van der Waals surface area contributed by atoms with Gasteiger partial charge in [0, 0.05) is 25.0 Å². The van der Waals surface area contributed by atoms with E-state index in [1.807, 2.05) is 78.9 Å². The smallest absolute Gasteiger partial charge is 0.337 e. The lowest BCUT2D eigenvalue weighted by Gasteiger charge is -2.24. The minimum absolute atomic E-state index is 0.135. The van der Waals surface area contributed by atoms with E-state index in [4.69, 9.17) is 9.47 Å². The highest BCUT2D eigenvalue weighted by Crippen LogP contribution is 2.23. The van der Waals surface area contributed by atoms with Crippen molar-refractivity contribution in [2.75, 3.05) is 19.7 Å². The van der Waals surface area contributed by atoms with Gasteiger partial charge in [0.2, 0.25) is 0 Å². The summed E-state index contributed by atoms with van der Waals surface area (Å²) in [5, 5.41) is 0. The van der Waals surface area contributed by atoms with Crippen molar-refractivity contribution >= 4 is 0 Å². The summed E-state index contributed by atoms with van der Waals surface area (Å²) in [5.74, 6) is 2.30. The quantitative estimate of drug-likeness (QED) is 0.206. The standard InChI is InChI=1S/C34H33N3O3/c38-34-36(22-23-37(34)29-15-19-33(20-16-29)40-32-11-5-2-6-12-32)28-13-17-31(18-14-28)39-25-24-35-21-7-10-30(35)26-27-8-3-1-4-9-27/h1-6,8-9,11-20,22-23,30H,7,10,21,24-26H2. The first kappa shape index (κ1) is 25.7. The van der Waals surface area contributed by atoms with Crippen LogP contribution >= 0.6 is 0 Å². The summed E-state index contributed by atoms with van der Waals surface area (Å²) >= 11 is 0. The Bertz CT molecular complexity index is 1560. The molecule has 6 heteroatoms. The minimum atomic E-state index is -0.135. The molecule has 0 radical (unpaired) electrons. The molecule has 0 aliphatic carbocycles. The molecule has 202 valence electrons. The van der Waals surface area contributed by atoms with E-state index in [1.54, 1.807) is 21.5 Å². The van der Waals surface area contributed by atoms with E-state index in [0.717, 1.165) is 48.1 Å². The van der Waals surface area contributed by atoms with Crippen molar-refractivity contribution in [3.8, 4) is 28.6 Å². The lowest BCUT2D eigenvalue weighted by molar-refractivity contribution is 0.196. The van der Waals surface area contributed by atoms with Crippen LogP contribution in [0.1, 0.15) is 18.4 Å². The highest BCUT2D eigenvalue weighted by atomic mass is 16.5. The Balaban J connectivity index is 1.04. The molecule has 4 aromatic carbocycles. The average molecular weight is 532 g/mol. The number of rotatable bonds is 10. The van der Waals surface area contributed by atoms with Crippen molar-refractivity contribution in [2.45, 2.75) is 25.3 Å². The Hall–Kier alpha value is -4.55. The maximum Gasteiger partial charge on any atom is 0.337 e. The van der Waals surface area contributed by atoms with Crippen LogP contribution in [0.2, 0.25) is 0 Å². The Morgan fingerprint density at radius 2 is 1.25 bits per heavy atom. The largest absolute Gasteiger partial charge is 0.492 e. The Labute approximate surface area is 234 Å². The van der Waals surface area contributed by atoms with Crippen molar-refractivity contribution in [2.24, 2.45) is 0 Å². The highest BCUT2D eigenvalue weighted by Gasteiger charge is 2.24. The second-order valence-corrected chi connectivity index (χ2v) is 10.1. The van der Waals surface area contributed by atoms with Crippen LogP contribution in [0, 0.1) is 0 Å². The van der Waals surface area contributed by atoms with Gasteiger partial charge in [0.25, 0.3) is 0 Å². The van der Waals surface area contributed by atoms with Gasteiger partial charge in [-0.05, 0) is 92.0 Å². The van der Waals surface area contributed by atoms with Crippen molar-refractivity contribution < 1.29 is 9.47 Å². The van der Waals surface area contributed by atoms with Gasteiger partial charge in [-0.2, -0.15) is 0 Å². The summed E-state index contributed by atoms with van der Waals surface area (Å²) in [4.78, 5) is 15.7. The van der Waals surface area contributed by atoms with Gasteiger partial charge in [-0.1, -0.05) is 48.5 Å². The van der Waals surface area contributed by atoms with Gasteiger partial charge in [0.15, 0.2) is 0 Å². The number of hydrogen-bond donors (Lipinski definition) is 0. The van der Waals surface area contributed by atoms with Crippen LogP contribution < -0.4 is 15.2 Å². The molecule has 1 unspecified atom stereocenters. The van der Waals surface area contributed by atoms with Crippen molar-refractivity contribution in [3.05, 3.63) is 138 Å². The summed E-state index contributed by atoms with van der Waals surface area (Å²) in [6.45, 7) is 2.68. The predicted octanol–water partition coefficient (Wildman–Crippen LogP) is 6.51. The van der Waals surface area contributed by atoms with Gasteiger partial charge >= 0.3 is 5.69 Å². The molecule has 1 aromatic heterocycles. The molecule has 1 aliphatic rings. The van der Waals surface area contributed by atoms with E-state index >= 15 is 0 Å². The zero-order valence-corrected chi connectivity index (χ0v) is 22.4. The van der Waals surface area contributed by atoms with E-state index in [9.17, 15) is 4.79 Å². The fraction of sp³-hybridized carbons (Fsp3) is 0.206. The van der Waals surface area contributed by atoms with E-state index in [0.29, 0.717) is 12.6 Å². The molecule has 0 amide bonds. The number of aromatic nitrogens is 2.